The summed E-state index contributed by atoms with van der Waals surface area (Å²) in [5.74, 6) is 0. The van der Waals surface area contributed by atoms with E-state index in [0.717, 1.165) is 0 Å². The fourth-order valence-corrected chi connectivity index (χ4v) is 1.08. The van der Waals surface area contributed by atoms with Gasteiger partial charge in [0.1, 0.15) is 24.4 Å². The molecule has 0 spiro atoms. The Balaban J connectivity index is 2.70. The largest absolute Gasteiger partial charge is 0.387 e. The van der Waals surface area contributed by atoms with Crippen molar-refractivity contribution in [2.45, 2.75) is 30.7 Å². The zero-order valence-corrected chi connectivity index (χ0v) is 6.37. The first-order valence-electron chi connectivity index (χ1n) is 3.58. The van der Waals surface area contributed by atoms with Gasteiger partial charge in [-0.1, -0.05) is 6.08 Å². The molecule has 1 rings (SSSR count). The maximum absolute atomic E-state index is 9.21. The fraction of sp³-hybridized carbons (Fsp3) is 0.714. The van der Waals surface area contributed by atoms with E-state index in [4.69, 9.17) is 20.1 Å². The normalized spacial score (nSPS) is 48.8. The van der Waals surface area contributed by atoms with Gasteiger partial charge in [-0.25, -0.2) is 0 Å². The Kier molecular flexibility index (Phi) is 2.81. The van der Waals surface area contributed by atoms with E-state index in [9.17, 15) is 5.11 Å². The summed E-state index contributed by atoms with van der Waals surface area (Å²) in [4.78, 5) is 0. The first kappa shape index (κ1) is 9.63. The second-order valence-corrected chi connectivity index (χ2v) is 2.70. The summed E-state index contributed by atoms with van der Waals surface area (Å²) in [5.41, 5.74) is 0. The zero-order valence-electron chi connectivity index (χ0n) is 6.37. The molecule has 1 fully saturated rings. The second kappa shape index (κ2) is 3.51. The summed E-state index contributed by atoms with van der Waals surface area (Å²) in [6, 6.07) is 0. The van der Waals surface area contributed by atoms with Crippen LogP contribution in [0.25, 0.3) is 0 Å². The van der Waals surface area contributed by atoms with Gasteiger partial charge in [0.25, 0.3) is 0 Å². The zero-order chi connectivity index (χ0) is 9.30. The fourth-order valence-electron chi connectivity index (χ4n) is 1.08. The molecule has 5 nitrogen and oxygen atoms in total. The molecule has 0 aliphatic carbocycles. The minimum absolute atomic E-state index is 0.849. The Bertz CT molecular complexity index is 171. The van der Waals surface area contributed by atoms with Crippen LogP contribution in [0.5, 0.6) is 0 Å². The van der Waals surface area contributed by atoms with Gasteiger partial charge >= 0.3 is 0 Å². The quantitative estimate of drug-likeness (QED) is 0.346. The third kappa shape index (κ3) is 1.50. The molecular weight excluding hydrogens is 164 g/mol. The van der Waals surface area contributed by atoms with Crippen molar-refractivity contribution in [2.75, 3.05) is 0 Å². The maximum Gasteiger partial charge on any atom is 0.184 e. The Labute approximate surface area is 69.5 Å². The molecule has 0 aromatic heterocycles. The molecular formula is C7H12O5. The van der Waals surface area contributed by atoms with E-state index < -0.39 is 30.7 Å². The van der Waals surface area contributed by atoms with Crippen LogP contribution < -0.4 is 0 Å². The highest BCUT2D eigenvalue weighted by Gasteiger charge is 2.41. The number of rotatable bonds is 1. The lowest BCUT2D eigenvalue weighted by Crippen LogP contribution is -2.56. The van der Waals surface area contributed by atoms with Crippen molar-refractivity contribution in [1.82, 2.24) is 0 Å². The first-order chi connectivity index (χ1) is 5.57. The van der Waals surface area contributed by atoms with Gasteiger partial charge in [-0.3, -0.25) is 0 Å². The number of ether oxygens (including phenoxy) is 1. The van der Waals surface area contributed by atoms with E-state index in [2.05, 4.69) is 6.58 Å². The average Bonchev–Trinajstić information content (AvgIpc) is 2.08. The average molecular weight is 176 g/mol. The number of aliphatic hydroxyl groups excluding tert-OH is 4. The molecule has 1 heterocycles. The van der Waals surface area contributed by atoms with E-state index in [1.807, 2.05) is 0 Å². The highest BCUT2D eigenvalue weighted by atomic mass is 16.6. The van der Waals surface area contributed by atoms with Crippen LogP contribution in [0.4, 0.5) is 0 Å². The van der Waals surface area contributed by atoms with Crippen molar-refractivity contribution in [2.24, 2.45) is 0 Å². The van der Waals surface area contributed by atoms with Gasteiger partial charge < -0.3 is 25.2 Å². The van der Waals surface area contributed by atoms with Crippen LogP contribution in [0.2, 0.25) is 0 Å². The molecule has 0 aromatic carbocycles. The van der Waals surface area contributed by atoms with Crippen LogP contribution in [0.15, 0.2) is 12.7 Å². The van der Waals surface area contributed by atoms with Crippen LogP contribution in [0, 0.1) is 0 Å². The van der Waals surface area contributed by atoms with Crippen LogP contribution in [0.1, 0.15) is 0 Å². The third-order valence-corrected chi connectivity index (χ3v) is 1.86. The standard InChI is InChI=1S/C7H12O5/c1-2-3-4(8)5(9)6(10)7(11)12-3/h2-11H,1H2/t3-,4+,5+,6-,7+/m0/s1. The molecule has 0 unspecified atom stereocenters. The smallest absolute Gasteiger partial charge is 0.184 e. The van der Waals surface area contributed by atoms with Crippen molar-refractivity contribution in [1.29, 1.82) is 0 Å². The molecule has 0 saturated carbocycles. The second-order valence-electron chi connectivity index (χ2n) is 2.70. The van der Waals surface area contributed by atoms with E-state index in [0.29, 0.717) is 0 Å². The molecule has 12 heavy (non-hydrogen) atoms. The number of aliphatic hydroxyl groups is 4. The lowest BCUT2D eigenvalue weighted by atomic mass is 9.99. The minimum Gasteiger partial charge on any atom is -0.387 e. The van der Waals surface area contributed by atoms with Crippen LogP contribution in [-0.4, -0.2) is 51.1 Å². The van der Waals surface area contributed by atoms with Gasteiger partial charge in [0.2, 0.25) is 0 Å². The summed E-state index contributed by atoms with van der Waals surface area (Å²) >= 11 is 0. The van der Waals surface area contributed by atoms with E-state index in [-0.39, 0.29) is 0 Å². The van der Waals surface area contributed by atoms with Crippen LogP contribution in [0.3, 0.4) is 0 Å². The lowest BCUT2D eigenvalue weighted by molar-refractivity contribution is -0.271. The summed E-state index contributed by atoms with van der Waals surface area (Å²) < 4.78 is 4.71. The van der Waals surface area contributed by atoms with Crippen LogP contribution in [-0.2, 0) is 4.74 Å². The van der Waals surface area contributed by atoms with Gasteiger partial charge in [-0.05, 0) is 0 Å². The molecule has 4 N–H and O–H groups in total. The number of hydrogen-bond donors (Lipinski definition) is 4. The maximum atomic E-state index is 9.21. The first-order valence-corrected chi connectivity index (χ1v) is 3.58. The highest BCUT2D eigenvalue weighted by Crippen LogP contribution is 2.19. The Morgan fingerprint density at radius 2 is 1.58 bits per heavy atom. The monoisotopic (exact) mass is 176 g/mol. The molecule has 1 aliphatic rings. The highest BCUT2D eigenvalue weighted by molar-refractivity contribution is 4.96. The molecule has 1 aliphatic heterocycles. The molecule has 0 aromatic rings. The van der Waals surface area contributed by atoms with Crippen LogP contribution >= 0.6 is 0 Å². The van der Waals surface area contributed by atoms with E-state index in [1.54, 1.807) is 0 Å². The molecule has 0 bridgehead atoms. The Morgan fingerprint density at radius 1 is 1.00 bits per heavy atom. The topological polar surface area (TPSA) is 90.2 Å². The van der Waals surface area contributed by atoms with Gasteiger partial charge in [0.05, 0.1) is 0 Å². The number of hydrogen-bond acceptors (Lipinski definition) is 5. The van der Waals surface area contributed by atoms with Gasteiger partial charge in [0, 0.05) is 0 Å². The van der Waals surface area contributed by atoms with Gasteiger partial charge in [-0.2, -0.15) is 0 Å². The predicted octanol–water partition coefficient (Wildman–Crippen LogP) is -2.03. The molecule has 1 saturated heterocycles. The summed E-state index contributed by atoms with van der Waals surface area (Å²) in [5, 5.41) is 36.3. The van der Waals surface area contributed by atoms with Gasteiger partial charge in [0.15, 0.2) is 6.29 Å². The van der Waals surface area contributed by atoms with Crippen molar-refractivity contribution in [3.63, 3.8) is 0 Å². The van der Waals surface area contributed by atoms with E-state index in [1.165, 1.54) is 6.08 Å². The predicted molar refractivity (Wildman–Crippen MR) is 39.1 cm³/mol. The molecule has 0 amide bonds. The van der Waals surface area contributed by atoms with Crippen molar-refractivity contribution < 1.29 is 25.2 Å². The van der Waals surface area contributed by atoms with Crippen molar-refractivity contribution >= 4 is 0 Å². The third-order valence-electron chi connectivity index (χ3n) is 1.86. The molecule has 0 radical (unpaired) electrons. The van der Waals surface area contributed by atoms with Gasteiger partial charge in [-0.15, -0.1) is 6.58 Å². The Hall–Kier alpha value is -0.460. The molecule has 70 valence electrons. The van der Waals surface area contributed by atoms with Crippen molar-refractivity contribution in [3.05, 3.63) is 12.7 Å². The lowest BCUT2D eigenvalue weighted by Gasteiger charge is -2.36. The van der Waals surface area contributed by atoms with E-state index >= 15 is 0 Å². The molecule has 5 heteroatoms. The Morgan fingerprint density at radius 3 is 2.08 bits per heavy atom. The SMILES string of the molecule is C=C[C@@H]1O[C@@H](O)[C@@H](O)[C@H](O)[C@@H]1O. The molecule has 5 atom stereocenters. The summed E-state index contributed by atoms with van der Waals surface area (Å²) in [6.45, 7) is 3.34. The van der Waals surface area contributed by atoms with Crippen molar-refractivity contribution in [3.8, 4) is 0 Å². The summed E-state index contributed by atoms with van der Waals surface area (Å²) in [7, 11) is 0. The minimum atomic E-state index is -1.48. The summed E-state index contributed by atoms with van der Waals surface area (Å²) in [6.07, 6.45) is -5.21.